The van der Waals surface area contributed by atoms with E-state index in [1.54, 1.807) is 14.2 Å². The Morgan fingerprint density at radius 1 is 1.09 bits per heavy atom. The van der Waals surface area contributed by atoms with Crippen molar-refractivity contribution in [2.45, 2.75) is 44.9 Å². The van der Waals surface area contributed by atoms with E-state index in [1.807, 2.05) is 17.0 Å². The van der Waals surface area contributed by atoms with Gasteiger partial charge in [0.1, 0.15) is 11.5 Å². The first-order valence-corrected chi connectivity index (χ1v) is 8.31. The number of nitrogens with zero attached hydrogens (tertiary/aromatic N) is 1. The zero-order valence-electron chi connectivity index (χ0n) is 13.6. The maximum Gasteiger partial charge on any atom is 0.230 e. The molecule has 0 unspecified atom stereocenters. The van der Waals surface area contributed by atoms with Crippen LogP contribution in [0.25, 0.3) is 0 Å². The molecule has 1 aliphatic heterocycles. The molecule has 1 amide bonds. The first-order valence-electron chi connectivity index (χ1n) is 8.31. The number of carbonyl (C=O) groups is 1. The molecule has 0 spiro atoms. The Hall–Kier alpha value is -1.71. The average molecular weight is 303 g/mol. The highest BCUT2D eigenvalue weighted by Crippen LogP contribution is 2.39. The standard InChI is InChI=1S/C18H25NO3/c1-21-14-11-16-15(17(12-14)22-2)9-6-10-19(16)18(20)13-7-4-3-5-8-13/h11-13H,3-10H2,1-2H3. The highest BCUT2D eigenvalue weighted by molar-refractivity contribution is 5.97. The average Bonchev–Trinajstić information content (AvgIpc) is 2.60. The smallest absolute Gasteiger partial charge is 0.230 e. The van der Waals surface area contributed by atoms with Crippen molar-refractivity contribution >= 4 is 11.6 Å². The molecule has 1 saturated carbocycles. The molecule has 1 heterocycles. The van der Waals surface area contributed by atoms with E-state index in [1.165, 1.54) is 19.3 Å². The van der Waals surface area contributed by atoms with Gasteiger partial charge in [0.15, 0.2) is 0 Å². The van der Waals surface area contributed by atoms with Crippen LogP contribution in [0.2, 0.25) is 0 Å². The van der Waals surface area contributed by atoms with Crippen LogP contribution in [0, 0.1) is 5.92 Å². The van der Waals surface area contributed by atoms with Gasteiger partial charge in [-0.3, -0.25) is 4.79 Å². The van der Waals surface area contributed by atoms with Gasteiger partial charge in [-0.15, -0.1) is 0 Å². The van der Waals surface area contributed by atoms with E-state index in [0.29, 0.717) is 0 Å². The van der Waals surface area contributed by atoms with E-state index in [0.717, 1.165) is 55.0 Å². The van der Waals surface area contributed by atoms with E-state index in [2.05, 4.69) is 0 Å². The summed E-state index contributed by atoms with van der Waals surface area (Å²) in [5.41, 5.74) is 2.12. The van der Waals surface area contributed by atoms with Crippen LogP contribution in [-0.4, -0.2) is 26.7 Å². The molecule has 0 N–H and O–H groups in total. The molecule has 0 aromatic heterocycles. The Balaban J connectivity index is 1.94. The lowest BCUT2D eigenvalue weighted by atomic mass is 9.87. The number of benzene rings is 1. The van der Waals surface area contributed by atoms with Crippen molar-refractivity contribution in [1.82, 2.24) is 0 Å². The number of carbonyl (C=O) groups excluding carboxylic acids is 1. The third-order valence-electron chi connectivity index (χ3n) is 4.93. The summed E-state index contributed by atoms with van der Waals surface area (Å²) in [6.07, 6.45) is 7.64. The molecule has 120 valence electrons. The zero-order valence-corrected chi connectivity index (χ0v) is 13.6. The van der Waals surface area contributed by atoms with Crippen molar-refractivity contribution < 1.29 is 14.3 Å². The first kappa shape index (κ1) is 15.2. The summed E-state index contributed by atoms with van der Waals surface area (Å²) < 4.78 is 10.9. The second-order valence-corrected chi connectivity index (χ2v) is 6.26. The monoisotopic (exact) mass is 303 g/mol. The fourth-order valence-electron chi connectivity index (χ4n) is 3.73. The molecule has 22 heavy (non-hydrogen) atoms. The molecule has 1 aliphatic carbocycles. The number of fused-ring (bicyclic) bond motifs is 1. The van der Waals surface area contributed by atoms with Crippen molar-refractivity contribution in [1.29, 1.82) is 0 Å². The lowest BCUT2D eigenvalue weighted by Crippen LogP contribution is -2.40. The van der Waals surface area contributed by atoms with Crippen LogP contribution in [0.3, 0.4) is 0 Å². The molecular formula is C18H25NO3. The third kappa shape index (κ3) is 2.79. The van der Waals surface area contributed by atoms with Crippen LogP contribution in [0.15, 0.2) is 12.1 Å². The molecule has 1 fully saturated rings. The number of rotatable bonds is 3. The van der Waals surface area contributed by atoms with Crippen molar-refractivity contribution in [2.24, 2.45) is 5.92 Å². The molecule has 2 aliphatic rings. The van der Waals surface area contributed by atoms with E-state index in [9.17, 15) is 4.79 Å². The predicted molar refractivity (Wildman–Crippen MR) is 86.8 cm³/mol. The summed E-state index contributed by atoms with van der Waals surface area (Å²) in [6, 6.07) is 3.89. The molecule has 1 aromatic carbocycles. The molecule has 0 saturated heterocycles. The molecule has 3 rings (SSSR count). The number of hydrogen-bond donors (Lipinski definition) is 0. The lowest BCUT2D eigenvalue weighted by Gasteiger charge is -2.34. The zero-order chi connectivity index (χ0) is 15.5. The van der Waals surface area contributed by atoms with E-state index >= 15 is 0 Å². The summed E-state index contributed by atoms with van der Waals surface area (Å²) >= 11 is 0. The predicted octanol–water partition coefficient (Wildman–Crippen LogP) is 3.56. The van der Waals surface area contributed by atoms with Gasteiger partial charge in [0.2, 0.25) is 5.91 Å². The quantitative estimate of drug-likeness (QED) is 0.857. The van der Waals surface area contributed by atoms with Gasteiger partial charge < -0.3 is 14.4 Å². The number of amides is 1. The van der Waals surface area contributed by atoms with Crippen molar-refractivity contribution in [3.63, 3.8) is 0 Å². The lowest BCUT2D eigenvalue weighted by molar-refractivity contribution is -0.123. The van der Waals surface area contributed by atoms with Gasteiger partial charge in [0.05, 0.1) is 19.9 Å². The van der Waals surface area contributed by atoms with E-state index in [4.69, 9.17) is 9.47 Å². The van der Waals surface area contributed by atoms with Gasteiger partial charge in [0.25, 0.3) is 0 Å². The summed E-state index contributed by atoms with van der Waals surface area (Å²) in [6.45, 7) is 0.804. The number of methoxy groups -OCH3 is 2. The number of hydrogen-bond acceptors (Lipinski definition) is 3. The summed E-state index contributed by atoms with van der Waals surface area (Å²) in [5.74, 6) is 2.06. The van der Waals surface area contributed by atoms with Crippen LogP contribution in [0.5, 0.6) is 11.5 Å². The van der Waals surface area contributed by atoms with E-state index in [-0.39, 0.29) is 11.8 Å². The molecule has 0 radical (unpaired) electrons. The summed E-state index contributed by atoms with van der Waals surface area (Å²) in [4.78, 5) is 14.9. The van der Waals surface area contributed by atoms with E-state index < -0.39 is 0 Å². The van der Waals surface area contributed by atoms with Crippen molar-refractivity contribution in [2.75, 3.05) is 25.7 Å². The fourth-order valence-corrected chi connectivity index (χ4v) is 3.73. The Bertz CT molecular complexity index is 550. The Morgan fingerprint density at radius 3 is 2.55 bits per heavy atom. The minimum Gasteiger partial charge on any atom is -0.497 e. The van der Waals surface area contributed by atoms with Crippen molar-refractivity contribution in [3.8, 4) is 11.5 Å². The molecule has 4 nitrogen and oxygen atoms in total. The second-order valence-electron chi connectivity index (χ2n) is 6.26. The highest BCUT2D eigenvalue weighted by Gasteiger charge is 2.31. The number of ether oxygens (including phenoxy) is 2. The minimum atomic E-state index is 0.192. The van der Waals surface area contributed by atoms with Crippen LogP contribution in [0.1, 0.15) is 44.1 Å². The highest BCUT2D eigenvalue weighted by atomic mass is 16.5. The minimum absolute atomic E-state index is 0.192. The van der Waals surface area contributed by atoms with Crippen LogP contribution in [-0.2, 0) is 11.2 Å². The Labute approximate surface area is 132 Å². The van der Waals surface area contributed by atoms with Crippen LogP contribution in [0.4, 0.5) is 5.69 Å². The second kappa shape index (κ2) is 6.59. The molecular weight excluding hydrogens is 278 g/mol. The molecule has 0 bridgehead atoms. The van der Waals surface area contributed by atoms with Gasteiger partial charge in [-0.05, 0) is 25.7 Å². The maximum absolute atomic E-state index is 13.0. The molecule has 1 aromatic rings. The Morgan fingerprint density at radius 2 is 1.86 bits per heavy atom. The summed E-state index contributed by atoms with van der Waals surface area (Å²) in [7, 11) is 3.33. The number of anilines is 1. The Kier molecular flexibility index (Phi) is 4.55. The normalized spacial score (nSPS) is 18.7. The molecule has 0 atom stereocenters. The van der Waals surface area contributed by atoms with Crippen LogP contribution < -0.4 is 14.4 Å². The van der Waals surface area contributed by atoms with Gasteiger partial charge in [-0.25, -0.2) is 0 Å². The topological polar surface area (TPSA) is 38.8 Å². The largest absolute Gasteiger partial charge is 0.497 e. The first-order chi connectivity index (χ1) is 10.7. The van der Waals surface area contributed by atoms with Gasteiger partial charge in [-0.1, -0.05) is 19.3 Å². The van der Waals surface area contributed by atoms with Gasteiger partial charge in [-0.2, -0.15) is 0 Å². The SMILES string of the molecule is COc1cc(OC)c2c(c1)N(C(=O)C1CCCCC1)CCC2. The maximum atomic E-state index is 13.0. The van der Waals surface area contributed by atoms with Crippen molar-refractivity contribution in [3.05, 3.63) is 17.7 Å². The third-order valence-corrected chi connectivity index (χ3v) is 4.93. The van der Waals surface area contributed by atoms with Gasteiger partial charge >= 0.3 is 0 Å². The van der Waals surface area contributed by atoms with Crippen LogP contribution >= 0.6 is 0 Å². The molecule has 4 heteroatoms. The fraction of sp³-hybridized carbons (Fsp3) is 0.611. The van der Waals surface area contributed by atoms with Gasteiger partial charge in [0, 0.05) is 30.2 Å². The summed E-state index contributed by atoms with van der Waals surface area (Å²) in [5, 5.41) is 0.